The fraction of sp³-hybridized carbons (Fsp3) is 0.440. The van der Waals surface area contributed by atoms with Crippen LogP contribution < -0.4 is 15.6 Å². The molecule has 202 valence electrons. The van der Waals surface area contributed by atoms with E-state index in [0.717, 1.165) is 11.1 Å². The molecule has 0 saturated carbocycles. The van der Waals surface area contributed by atoms with Crippen molar-refractivity contribution in [3.05, 3.63) is 45.6 Å². The number of nitrogens with one attached hydrogen (secondary N) is 2. The van der Waals surface area contributed by atoms with Gasteiger partial charge in [0.25, 0.3) is 5.56 Å². The smallest absolute Gasteiger partial charge is 0.413 e. The summed E-state index contributed by atoms with van der Waals surface area (Å²) >= 11 is 0. The number of aryl methyl sites for hydroxylation is 1. The molecule has 4 heterocycles. The van der Waals surface area contributed by atoms with E-state index in [4.69, 9.17) is 9.47 Å². The van der Waals surface area contributed by atoms with Crippen molar-refractivity contribution < 1.29 is 23.8 Å². The van der Waals surface area contributed by atoms with Crippen molar-refractivity contribution in [2.45, 2.75) is 46.3 Å². The normalized spacial score (nSPS) is 13.7. The Morgan fingerprint density at radius 3 is 2.63 bits per heavy atom. The number of aromatic amines is 1. The average molecular weight is 526 g/mol. The van der Waals surface area contributed by atoms with E-state index in [-0.39, 0.29) is 24.1 Å². The van der Waals surface area contributed by atoms with Crippen molar-refractivity contribution in [1.82, 2.24) is 29.6 Å². The lowest BCUT2D eigenvalue weighted by molar-refractivity contribution is 0.0270. The topological polar surface area (TPSA) is 154 Å². The van der Waals surface area contributed by atoms with E-state index in [9.17, 15) is 14.4 Å². The summed E-state index contributed by atoms with van der Waals surface area (Å²) in [6, 6.07) is 1.89. The van der Waals surface area contributed by atoms with Gasteiger partial charge in [-0.15, -0.1) is 0 Å². The van der Waals surface area contributed by atoms with Crippen molar-refractivity contribution in [3.8, 4) is 5.75 Å². The number of aromatic nitrogens is 5. The number of nitrogens with zero attached hydrogens (tertiary/aromatic N) is 5. The largest absolute Gasteiger partial charge is 0.495 e. The summed E-state index contributed by atoms with van der Waals surface area (Å²) in [7, 11) is 2.76. The minimum absolute atomic E-state index is 0.0388. The Kier molecular flexibility index (Phi) is 7.37. The molecule has 0 aliphatic carbocycles. The quantitative estimate of drug-likeness (QED) is 0.511. The molecule has 0 atom stereocenters. The molecule has 0 unspecified atom stereocenters. The summed E-state index contributed by atoms with van der Waals surface area (Å²) in [6.07, 6.45) is 3.29. The summed E-state index contributed by atoms with van der Waals surface area (Å²) in [5, 5.41) is 6.81. The Morgan fingerprint density at radius 1 is 1.24 bits per heavy atom. The minimum atomic E-state index is -0.753. The van der Waals surface area contributed by atoms with Crippen LogP contribution in [0.4, 0.5) is 15.5 Å². The van der Waals surface area contributed by atoms with Gasteiger partial charge in [-0.3, -0.25) is 24.8 Å². The number of anilines is 1. The van der Waals surface area contributed by atoms with E-state index < -0.39 is 17.3 Å². The first kappa shape index (κ1) is 26.6. The van der Waals surface area contributed by atoms with Crippen LogP contribution in [-0.2, 0) is 16.0 Å². The maximum absolute atomic E-state index is 12.8. The molecule has 2 N–H and O–H groups in total. The Bertz CT molecular complexity index is 1470. The van der Waals surface area contributed by atoms with Crippen LogP contribution in [0.25, 0.3) is 16.6 Å². The highest BCUT2D eigenvalue weighted by atomic mass is 16.6. The van der Waals surface area contributed by atoms with E-state index in [1.807, 2.05) is 32.9 Å². The first-order chi connectivity index (χ1) is 18.0. The van der Waals surface area contributed by atoms with Gasteiger partial charge in [-0.2, -0.15) is 5.10 Å². The second kappa shape index (κ2) is 10.5. The number of methoxy groups -OCH3 is 2. The summed E-state index contributed by atoms with van der Waals surface area (Å²) in [5.74, 6) is 0.496. The Labute approximate surface area is 218 Å². The first-order valence-electron chi connectivity index (χ1n) is 12.0. The van der Waals surface area contributed by atoms with Crippen LogP contribution in [0.3, 0.4) is 0 Å². The molecule has 0 radical (unpaired) electrons. The number of hydrogen-bond donors (Lipinski definition) is 2. The number of carbonyl (C=O) groups is 2. The van der Waals surface area contributed by atoms with E-state index in [1.165, 1.54) is 11.8 Å². The molecule has 0 saturated heterocycles. The van der Waals surface area contributed by atoms with Gasteiger partial charge in [-0.1, -0.05) is 6.08 Å². The maximum atomic E-state index is 12.8. The first-order valence-corrected chi connectivity index (χ1v) is 12.0. The lowest BCUT2D eigenvalue weighted by Gasteiger charge is -2.29. The number of rotatable bonds is 5. The van der Waals surface area contributed by atoms with Gasteiger partial charge in [0.1, 0.15) is 22.6 Å². The van der Waals surface area contributed by atoms with Crippen molar-refractivity contribution >= 4 is 34.7 Å². The van der Waals surface area contributed by atoms with Crippen LogP contribution in [0, 0.1) is 6.92 Å². The second-order valence-electron chi connectivity index (χ2n) is 9.75. The fourth-order valence-electron chi connectivity index (χ4n) is 4.07. The van der Waals surface area contributed by atoms with Gasteiger partial charge in [0.15, 0.2) is 5.52 Å². The van der Waals surface area contributed by atoms with Crippen LogP contribution in [-0.4, -0.2) is 74.7 Å². The molecule has 2 amide bonds. The lowest BCUT2D eigenvalue weighted by atomic mass is 10.0. The third-order valence-corrected chi connectivity index (χ3v) is 5.85. The molecule has 3 aromatic rings. The fourth-order valence-corrected chi connectivity index (χ4v) is 4.07. The molecule has 1 aliphatic rings. The molecule has 4 rings (SSSR count). The molecule has 38 heavy (non-hydrogen) atoms. The minimum Gasteiger partial charge on any atom is -0.495 e. The highest BCUT2D eigenvalue weighted by molar-refractivity contribution is 5.84. The number of pyridine rings is 1. The Hall–Kier alpha value is -4.42. The predicted molar refractivity (Wildman–Crippen MR) is 139 cm³/mol. The van der Waals surface area contributed by atoms with E-state index in [0.29, 0.717) is 42.2 Å². The molecule has 0 spiro atoms. The number of hydrogen-bond acceptors (Lipinski definition) is 9. The van der Waals surface area contributed by atoms with Gasteiger partial charge in [-0.05, 0) is 51.3 Å². The average Bonchev–Trinajstić information content (AvgIpc) is 3.18. The molecule has 0 fully saturated rings. The van der Waals surface area contributed by atoms with E-state index in [2.05, 4.69) is 30.1 Å². The van der Waals surface area contributed by atoms with Crippen molar-refractivity contribution in [2.75, 3.05) is 32.6 Å². The lowest BCUT2D eigenvalue weighted by Crippen LogP contribution is -2.39. The van der Waals surface area contributed by atoms with E-state index >= 15 is 0 Å². The summed E-state index contributed by atoms with van der Waals surface area (Å²) in [4.78, 5) is 49.8. The highest BCUT2D eigenvalue weighted by Crippen LogP contribution is 2.28. The zero-order valence-corrected chi connectivity index (χ0v) is 22.2. The molecule has 0 aromatic carbocycles. The molecule has 13 heteroatoms. The maximum Gasteiger partial charge on any atom is 0.413 e. The number of amides is 2. The Balaban J connectivity index is 1.56. The standard InChI is InChI=1S/C25H31N7O6/c1-14-19-20(21(33)28-22(27-19)29-23(34)37-6)32(30-14)13-17-18(36-5)11-16(12-26-17)15-7-9-31(10-8-15)24(35)38-25(2,3)4/h7,11-12H,8-10,13H2,1-6H3,(H2,27,28,29,33,34). The third-order valence-electron chi connectivity index (χ3n) is 5.85. The molecular weight excluding hydrogens is 494 g/mol. The molecule has 13 nitrogen and oxygen atoms in total. The van der Waals surface area contributed by atoms with Gasteiger partial charge in [0.05, 0.1) is 26.5 Å². The third kappa shape index (κ3) is 5.76. The number of H-pyrrole nitrogens is 1. The SMILES string of the molecule is COC(=O)Nc1nc2c(C)nn(Cc3ncc(C4=CCN(C(=O)OC(C)(C)C)CC4)cc3OC)c2c(=O)[nH]1. The summed E-state index contributed by atoms with van der Waals surface area (Å²) < 4.78 is 17.1. The van der Waals surface area contributed by atoms with Gasteiger partial charge in [0.2, 0.25) is 5.95 Å². The molecule has 0 bridgehead atoms. The summed E-state index contributed by atoms with van der Waals surface area (Å²) in [5.41, 5.74) is 2.58. The molecule has 3 aromatic heterocycles. The van der Waals surface area contributed by atoms with Gasteiger partial charge in [-0.25, -0.2) is 14.6 Å². The number of carbonyl (C=O) groups excluding carboxylic acids is 2. The van der Waals surface area contributed by atoms with Crippen LogP contribution in [0.1, 0.15) is 44.1 Å². The zero-order chi connectivity index (χ0) is 27.6. The highest BCUT2D eigenvalue weighted by Gasteiger charge is 2.24. The predicted octanol–water partition coefficient (Wildman–Crippen LogP) is 3.08. The summed E-state index contributed by atoms with van der Waals surface area (Å²) in [6.45, 7) is 8.38. The number of ether oxygens (including phenoxy) is 3. The Morgan fingerprint density at radius 2 is 2.00 bits per heavy atom. The van der Waals surface area contributed by atoms with Crippen LogP contribution in [0.2, 0.25) is 0 Å². The van der Waals surface area contributed by atoms with Crippen molar-refractivity contribution in [1.29, 1.82) is 0 Å². The molecule has 1 aliphatic heterocycles. The van der Waals surface area contributed by atoms with E-state index in [1.54, 1.807) is 25.1 Å². The van der Waals surface area contributed by atoms with Gasteiger partial charge < -0.3 is 19.1 Å². The van der Waals surface area contributed by atoms with Crippen molar-refractivity contribution in [3.63, 3.8) is 0 Å². The van der Waals surface area contributed by atoms with Gasteiger partial charge >= 0.3 is 12.2 Å². The van der Waals surface area contributed by atoms with Crippen LogP contribution in [0.5, 0.6) is 5.75 Å². The van der Waals surface area contributed by atoms with Crippen LogP contribution >= 0.6 is 0 Å². The van der Waals surface area contributed by atoms with Crippen molar-refractivity contribution in [2.24, 2.45) is 0 Å². The van der Waals surface area contributed by atoms with Gasteiger partial charge in [0, 0.05) is 19.3 Å². The second-order valence-corrected chi connectivity index (χ2v) is 9.75. The van der Waals surface area contributed by atoms with Crippen LogP contribution in [0.15, 0.2) is 23.1 Å². The zero-order valence-electron chi connectivity index (χ0n) is 22.2. The molecular formula is C25H31N7O6. The number of fused-ring (bicyclic) bond motifs is 1. The monoisotopic (exact) mass is 525 g/mol.